The van der Waals surface area contributed by atoms with Crippen molar-refractivity contribution in [3.05, 3.63) is 48.2 Å². The molecule has 1 aromatic carbocycles. The standard InChI is InChI=1S/C12H14O3/c1-2-14-12(13)15-10-6-9-11-7-4-3-5-8-11/h3-8,10H,2,9H2,1H3. The molecule has 3 heteroatoms. The highest BCUT2D eigenvalue weighted by molar-refractivity contribution is 5.60. The zero-order chi connectivity index (χ0) is 10.9. The van der Waals surface area contributed by atoms with Gasteiger partial charge in [-0.2, -0.15) is 0 Å². The molecule has 0 aliphatic heterocycles. The first kappa shape index (κ1) is 11.3. The van der Waals surface area contributed by atoms with E-state index in [4.69, 9.17) is 0 Å². The Hall–Kier alpha value is -1.77. The van der Waals surface area contributed by atoms with Gasteiger partial charge in [0, 0.05) is 0 Å². The van der Waals surface area contributed by atoms with E-state index < -0.39 is 6.16 Å². The predicted octanol–water partition coefficient (Wildman–Crippen LogP) is 2.92. The van der Waals surface area contributed by atoms with Crippen LogP contribution in [0.5, 0.6) is 0 Å². The summed E-state index contributed by atoms with van der Waals surface area (Å²) in [4.78, 5) is 10.8. The van der Waals surface area contributed by atoms with Crippen molar-refractivity contribution in [2.45, 2.75) is 13.3 Å². The average molecular weight is 206 g/mol. The van der Waals surface area contributed by atoms with Gasteiger partial charge in [-0.1, -0.05) is 30.3 Å². The molecule has 1 aromatic rings. The minimum absolute atomic E-state index is 0.325. The summed E-state index contributed by atoms with van der Waals surface area (Å²) in [7, 11) is 0. The molecule has 0 aliphatic carbocycles. The van der Waals surface area contributed by atoms with Gasteiger partial charge in [-0.05, 0) is 25.0 Å². The van der Waals surface area contributed by atoms with Gasteiger partial charge in [-0.3, -0.25) is 0 Å². The predicted molar refractivity (Wildman–Crippen MR) is 57.4 cm³/mol. The maximum absolute atomic E-state index is 10.8. The van der Waals surface area contributed by atoms with Crippen molar-refractivity contribution in [3.8, 4) is 0 Å². The number of hydrogen-bond acceptors (Lipinski definition) is 3. The Bertz CT molecular complexity index is 317. The molecule has 80 valence electrons. The summed E-state index contributed by atoms with van der Waals surface area (Å²) in [5.41, 5.74) is 1.17. The Kier molecular flexibility index (Phi) is 5.01. The van der Waals surface area contributed by atoms with Gasteiger partial charge in [-0.25, -0.2) is 4.79 Å². The molecule has 0 bridgehead atoms. The first-order valence-electron chi connectivity index (χ1n) is 4.85. The van der Waals surface area contributed by atoms with Crippen LogP contribution >= 0.6 is 0 Å². The lowest BCUT2D eigenvalue weighted by molar-refractivity contribution is 0.0893. The largest absolute Gasteiger partial charge is 0.513 e. The summed E-state index contributed by atoms with van der Waals surface area (Å²) >= 11 is 0. The Morgan fingerprint density at radius 1 is 1.33 bits per heavy atom. The highest BCUT2D eigenvalue weighted by Gasteiger charge is 1.96. The molecule has 0 saturated carbocycles. The van der Waals surface area contributed by atoms with Crippen molar-refractivity contribution in [1.82, 2.24) is 0 Å². The summed E-state index contributed by atoms with van der Waals surface area (Å²) in [6, 6.07) is 9.91. The lowest BCUT2D eigenvalue weighted by Crippen LogP contribution is -2.02. The molecule has 0 saturated heterocycles. The lowest BCUT2D eigenvalue weighted by Gasteiger charge is -1.98. The van der Waals surface area contributed by atoms with E-state index in [-0.39, 0.29) is 0 Å². The van der Waals surface area contributed by atoms with Gasteiger partial charge in [0.1, 0.15) is 0 Å². The van der Waals surface area contributed by atoms with Crippen LogP contribution in [0.3, 0.4) is 0 Å². The Morgan fingerprint density at radius 2 is 2.07 bits per heavy atom. The molecule has 1 rings (SSSR count). The number of carbonyl (C=O) groups excluding carboxylic acids is 1. The third-order valence-corrected chi connectivity index (χ3v) is 1.72. The van der Waals surface area contributed by atoms with E-state index in [1.54, 1.807) is 13.0 Å². The molecule has 0 N–H and O–H groups in total. The Morgan fingerprint density at radius 3 is 2.73 bits per heavy atom. The molecule has 0 aliphatic rings. The lowest BCUT2D eigenvalue weighted by atomic mass is 10.2. The van der Waals surface area contributed by atoms with Crippen LogP contribution in [0.1, 0.15) is 12.5 Å². The third-order valence-electron chi connectivity index (χ3n) is 1.72. The van der Waals surface area contributed by atoms with Gasteiger partial charge in [0.15, 0.2) is 0 Å². The molecule has 3 nitrogen and oxygen atoms in total. The second-order valence-corrected chi connectivity index (χ2v) is 2.86. The number of rotatable bonds is 4. The Balaban J connectivity index is 2.26. The van der Waals surface area contributed by atoms with Gasteiger partial charge in [0.05, 0.1) is 12.9 Å². The normalized spacial score (nSPS) is 10.2. The fraction of sp³-hybridized carbons (Fsp3) is 0.250. The molecular weight excluding hydrogens is 192 g/mol. The number of ether oxygens (including phenoxy) is 2. The van der Waals surface area contributed by atoms with Gasteiger partial charge < -0.3 is 9.47 Å². The topological polar surface area (TPSA) is 35.5 Å². The van der Waals surface area contributed by atoms with Crippen LogP contribution in [-0.4, -0.2) is 12.8 Å². The molecular formula is C12H14O3. The van der Waals surface area contributed by atoms with Gasteiger partial charge in [0.25, 0.3) is 0 Å². The van der Waals surface area contributed by atoms with Gasteiger partial charge in [0.2, 0.25) is 0 Å². The molecule has 15 heavy (non-hydrogen) atoms. The van der Waals surface area contributed by atoms with Crippen LogP contribution in [0.25, 0.3) is 0 Å². The zero-order valence-electron chi connectivity index (χ0n) is 8.68. The van der Waals surface area contributed by atoms with E-state index in [2.05, 4.69) is 9.47 Å². The number of hydrogen-bond donors (Lipinski definition) is 0. The SMILES string of the molecule is CCOC(=O)OC=CCc1ccccc1. The maximum atomic E-state index is 10.8. The molecule has 0 amide bonds. The van der Waals surface area contributed by atoms with Crippen molar-refractivity contribution in [1.29, 1.82) is 0 Å². The molecule has 0 spiro atoms. The van der Waals surface area contributed by atoms with Crippen molar-refractivity contribution in [2.75, 3.05) is 6.61 Å². The van der Waals surface area contributed by atoms with Crippen molar-refractivity contribution < 1.29 is 14.3 Å². The molecule has 0 aromatic heterocycles. The van der Waals surface area contributed by atoms with Crippen LogP contribution < -0.4 is 0 Å². The second-order valence-electron chi connectivity index (χ2n) is 2.86. The average Bonchev–Trinajstić information content (AvgIpc) is 2.26. The maximum Gasteiger partial charge on any atom is 0.513 e. The van der Waals surface area contributed by atoms with Crippen molar-refractivity contribution >= 4 is 6.16 Å². The smallest absolute Gasteiger partial charge is 0.434 e. The number of benzene rings is 1. The van der Waals surface area contributed by atoms with Gasteiger partial charge in [-0.15, -0.1) is 0 Å². The second kappa shape index (κ2) is 6.65. The van der Waals surface area contributed by atoms with Crippen LogP contribution in [-0.2, 0) is 15.9 Å². The molecule has 0 fully saturated rings. The van der Waals surface area contributed by atoms with E-state index in [0.29, 0.717) is 6.61 Å². The molecule has 0 atom stereocenters. The minimum Gasteiger partial charge on any atom is -0.434 e. The van der Waals surface area contributed by atoms with Crippen molar-refractivity contribution in [3.63, 3.8) is 0 Å². The summed E-state index contributed by atoms with van der Waals surface area (Å²) in [5.74, 6) is 0. The summed E-state index contributed by atoms with van der Waals surface area (Å²) in [6.45, 7) is 2.06. The quantitative estimate of drug-likeness (QED) is 0.561. The summed E-state index contributed by atoms with van der Waals surface area (Å²) in [6.07, 6.45) is 3.19. The van der Waals surface area contributed by atoms with E-state index in [0.717, 1.165) is 6.42 Å². The fourth-order valence-electron chi connectivity index (χ4n) is 1.05. The van der Waals surface area contributed by atoms with Crippen molar-refractivity contribution in [2.24, 2.45) is 0 Å². The van der Waals surface area contributed by atoms with E-state index in [1.165, 1.54) is 11.8 Å². The van der Waals surface area contributed by atoms with Crippen LogP contribution in [0.15, 0.2) is 42.7 Å². The third kappa shape index (κ3) is 4.86. The molecule has 0 radical (unpaired) electrons. The Labute approximate surface area is 89.3 Å². The zero-order valence-corrected chi connectivity index (χ0v) is 8.68. The number of allylic oxidation sites excluding steroid dienone is 1. The molecule has 0 unspecified atom stereocenters. The first-order chi connectivity index (χ1) is 7.33. The highest BCUT2D eigenvalue weighted by atomic mass is 16.7. The van der Waals surface area contributed by atoms with Crippen LogP contribution in [0, 0.1) is 0 Å². The van der Waals surface area contributed by atoms with Crippen LogP contribution in [0.4, 0.5) is 4.79 Å². The van der Waals surface area contributed by atoms with Crippen LogP contribution in [0.2, 0.25) is 0 Å². The summed E-state index contributed by atoms with van der Waals surface area (Å²) in [5, 5.41) is 0. The van der Waals surface area contributed by atoms with E-state index in [1.807, 2.05) is 30.3 Å². The van der Waals surface area contributed by atoms with E-state index >= 15 is 0 Å². The highest BCUT2D eigenvalue weighted by Crippen LogP contribution is 2.00. The number of carbonyl (C=O) groups is 1. The fourth-order valence-corrected chi connectivity index (χ4v) is 1.05. The molecule has 0 heterocycles. The van der Waals surface area contributed by atoms with E-state index in [9.17, 15) is 4.79 Å². The first-order valence-corrected chi connectivity index (χ1v) is 4.85. The monoisotopic (exact) mass is 206 g/mol. The summed E-state index contributed by atoms with van der Waals surface area (Å²) < 4.78 is 9.24. The minimum atomic E-state index is -0.665. The van der Waals surface area contributed by atoms with Gasteiger partial charge >= 0.3 is 6.16 Å².